The third-order valence-electron chi connectivity index (χ3n) is 6.29. The van der Waals surface area contributed by atoms with Crippen LogP contribution in [-0.4, -0.2) is 36.0 Å². The zero-order valence-corrected chi connectivity index (χ0v) is 18.4. The molecule has 0 unspecified atom stereocenters. The van der Waals surface area contributed by atoms with E-state index in [0.29, 0.717) is 11.4 Å². The van der Waals surface area contributed by atoms with E-state index in [1.165, 1.54) is 0 Å². The molecular formula is C26H19N7O2. The molecule has 1 fully saturated rings. The summed E-state index contributed by atoms with van der Waals surface area (Å²) >= 11 is 0. The van der Waals surface area contributed by atoms with Crippen LogP contribution >= 0.6 is 0 Å². The Morgan fingerprint density at radius 2 is 1.91 bits per heavy atom. The van der Waals surface area contributed by atoms with Crippen molar-refractivity contribution in [3.05, 3.63) is 67.6 Å². The Morgan fingerprint density at radius 1 is 1.00 bits per heavy atom. The zero-order chi connectivity index (χ0) is 23.4. The Bertz CT molecular complexity index is 1710. The maximum Gasteiger partial charge on any atom is 0.227 e. The molecule has 0 saturated heterocycles. The molecule has 170 valence electrons. The van der Waals surface area contributed by atoms with Crippen LogP contribution in [0.4, 0.5) is 5.69 Å². The van der Waals surface area contributed by atoms with Crippen LogP contribution < -0.4 is 5.32 Å². The van der Waals surface area contributed by atoms with Crippen molar-refractivity contribution in [2.45, 2.75) is 12.8 Å². The fourth-order valence-corrected chi connectivity index (χ4v) is 4.31. The second-order valence-corrected chi connectivity index (χ2v) is 8.73. The van der Waals surface area contributed by atoms with E-state index >= 15 is 0 Å². The van der Waals surface area contributed by atoms with Gasteiger partial charge in [-0.15, -0.1) is 0 Å². The van der Waals surface area contributed by atoms with E-state index < -0.39 is 0 Å². The first-order valence-electron chi connectivity index (χ1n) is 11.3. The standard InChI is InChI=1S/C26H19N7O2/c34-26(14-1-2-14)29-17-7-16(9-27-10-17)20-3-4-21-24(31-20)25(33-32-21)22-8-18-19(15-5-6-35-13-15)11-28-12-23(18)30-22/h3-14,30H,1-2H2,(H,29,34)(H,32,33). The maximum absolute atomic E-state index is 12.2. The second kappa shape index (κ2) is 7.63. The molecule has 0 spiro atoms. The second-order valence-electron chi connectivity index (χ2n) is 8.73. The first-order valence-corrected chi connectivity index (χ1v) is 11.3. The minimum absolute atomic E-state index is 0.0487. The molecule has 6 heterocycles. The van der Waals surface area contributed by atoms with E-state index in [4.69, 9.17) is 9.40 Å². The summed E-state index contributed by atoms with van der Waals surface area (Å²) in [7, 11) is 0. The highest BCUT2D eigenvalue weighted by atomic mass is 16.3. The number of pyridine rings is 3. The van der Waals surface area contributed by atoms with Crippen LogP contribution in [0, 0.1) is 5.92 Å². The monoisotopic (exact) mass is 461 g/mol. The maximum atomic E-state index is 12.2. The lowest BCUT2D eigenvalue weighted by atomic mass is 10.1. The van der Waals surface area contributed by atoms with Crippen LogP contribution in [0.3, 0.4) is 0 Å². The number of carbonyl (C=O) groups excluding carboxylic acids is 1. The number of nitrogens with one attached hydrogen (secondary N) is 3. The fraction of sp³-hybridized carbons (Fsp3) is 0.115. The van der Waals surface area contributed by atoms with Gasteiger partial charge in [-0.3, -0.25) is 19.9 Å². The molecule has 35 heavy (non-hydrogen) atoms. The summed E-state index contributed by atoms with van der Waals surface area (Å²) in [6.07, 6.45) is 12.3. The lowest BCUT2D eigenvalue weighted by Gasteiger charge is -2.06. The number of hydrogen-bond donors (Lipinski definition) is 3. The van der Waals surface area contributed by atoms with Gasteiger partial charge >= 0.3 is 0 Å². The number of carbonyl (C=O) groups is 1. The van der Waals surface area contributed by atoms with E-state index in [-0.39, 0.29) is 11.8 Å². The van der Waals surface area contributed by atoms with Gasteiger partial charge < -0.3 is 14.7 Å². The Labute approximate surface area is 198 Å². The van der Waals surface area contributed by atoms with Crippen molar-refractivity contribution < 1.29 is 9.21 Å². The van der Waals surface area contributed by atoms with Crippen molar-refractivity contribution in [2.75, 3.05) is 5.32 Å². The SMILES string of the molecule is O=C(Nc1cncc(-c2ccc3[nH]nc(-c4cc5c(-c6ccoc6)cncc5[nH]4)c3n2)c1)C1CC1. The summed E-state index contributed by atoms with van der Waals surface area (Å²) in [5, 5.41) is 11.6. The minimum Gasteiger partial charge on any atom is -0.472 e. The minimum atomic E-state index is 0.0487. The molecule has 6 aromatic rings. The van der Waals surface area contributed by atoms with E-state index in [1.54, 1.807) is 31.1 Å². The van der Waals surface area contributed by atoms with Crippen molar-refractivity contribution in [3.63, 3.8) is 0 Å². The summed E-state index contributed by atoms with van der Waals surface area (Å²) < 4.78 is 5.26. The Hall–Kier alpha value is -4.79. The number of fused-ring (bicyclic) bond motifs is 2. The van der Waals surface area contributed by atoms with E-state index in [9.17, 15) is 4.79 Å². The van der Waals surface area contributed by atoms with Crippen molar-refractivity contribution >= 4 is 33.5 Å². The number of aromatic nitrogens is 6. The van der Waals surface area contributed by atoms with E-state index in [1.807, 2.05) is 30.5 Å². The topological polar surface area (TPSA) is 125 Å². The molecule has 7 rings (SSSR count). The number of anilines is 1. The molecule has 0 aromatic carbocycles. The van der Waals surface area contributed by atoms with Gasteiger partial charge in [-0.2, -0.15) is 5.10 Å². The number of rotatable bonds is 5. The van der Waals surface area contributed by atoms with Crippen molar-refractivity contribution in [2.24, 2.45) is 5.92 Å². The molecule has 1 saturated carbocycles. The van der Waals surface area contributed by atoms with Crippen molar-refractivity contribution in [1.82, 2.24) is 30.1 Å². The quantitative estimate of drug-likeness (QED) is 0.325. The Balaban J connectivity index is 1.29. The van der Waals surface area contributed by atoms with Crippen LogP contribution in [0.1, 0.15) is 12.8 Å². The van der Waals surface area contributed by atoms with Crippen LogP contribution in [0.2, 0.25) is 0 Å². The molecule has 9 heteroatoms. The summed E-state index contributed by atoms with van der Waals surface area (Å²) in [6.45, 7) is 0. The Morgan fingerprint density at radius 3 is 2.77 bits per heavy atom. The average Bonchev–Trinajstić information content (AvgIpc) is 3.26. The highest BCUT2D eigenvalue weighted by Gasteiger charge is 2.29. The van der Waals surface area contributed by atoms with Gasteiger partial charge in [-0.25, -0.2) is 4.98 Å². The number of nitrogens with zero attached hydrogens (tertiary/aromatic N) is 4. The van der Waals surface area contributed by atoms with Crippen LogP contribution in [0.15, 0.2) is 72.1 Å². The molecule has 1 aliphatic rings. The van der Waals surface area contributed by atoms with E-state index in [0.717, 1.165) is 62.9 Å². The summed E-state index contributed by atoms with van der Waals surface area (Å²) in [5.41, 5.74) is 8.16. The van der Waals surface area contributed by atoms with Gasteiger partial charge in [0, 0.05) is 40.4 Å². The number of aromatic amines is 2. The number of furan rings is 1. The molecule has 0 aliphatic heterocycles. The molecular weight excluding hydrogens is 442 g/mol. The van der Waals surface area contributed by atoms with Gasteiger partial charge in [-0.05, 0) is 43.2 Å². The van der Waals surface area contributed by atoms with Gasteiger partial charge in [0.2, 0.25) is 5.91 Å². The van der Waals surface area contributed by atoms with Crippen molar-refractivity contribution in [1.29, 1.82) is 0 Å². The van der Waals surface area contributed by atoms with E-state index in [2.05, 4.69) is 36.5 Å². The average molecular weight is 461 g/mol. The Kier molecular flexibility index (Phi) is 4.28. The smallest absolute Gasteiger partial charge is 0.227 e. The largest absolute Gasteiger partial charge is 0.472 e. The normalized spacial score (nSPS) is 13.5. The summed E-state index contributed by atoms with van der Waals surface area (Å²) in [5.74, 6) is 0.176. The molecule has 0 radical (unpaired) electrons. The third kappa shape index (κ3) is 3.45. The summed E-state index contributed by atoms with van der Waals surface area (Å²) in [4.78, 5) is 29.2. The van der Waals surface area contributed by atoms with Gasteiger partial charge in [0.15, 0.2) is 0 Å². The molecule has 9 nitrogen and oxygen atoms in total. The lowest BCUT2D eigenvalue weighted by molar-refractivity contribution is -0.117. The van der Waals surface area contributed by atoms with Crippen LogP contribution in [0.5, 0.6) is 0 Å². The number of hydrogen-bond acceptors (Lipinski definition) is 6. The lowest BCUT2D eigenvalue weighted by Crippen LogP contribution is -2.13. The predicted octanol–water partition coefficient (Wildman–Crippen LogP) is 5.17. The van der Waals surface area contributed by atoms with Gasteiger partial charge in [-0.1, -0.05) is 0 Å². The highest BCUT2D eigenvalue weighted by molar-refractivity contribution is 6.00. The molecule has 0 atom stereocenters. The molecule has 3 N–H and O–H groups in total. The number of H-pyrrole nitrogens is 2. The first-order chi connectivity index (χ1) is 17.2. The molecule has 1 aliphatic carbocycles. The zero-order valence-electron chi connectivity index (χ0n) is 18.4. The highest BCUT2D eigenvalue weighted by Crippen LogP contribution is 2.34. The number of amides is 1. The fourth-order valence-electron chi connectivity index (χ4n) is 4.31. The van der Waals surface area contributed by atoms with Gasteiger partial charge in [0.05, 0.1) is 53.0 Å². The third-order valence-corrected chi connectivity index (χ3v) is 6.29. The van der Waals surface area contributed by atoms with Gasteiger partial charge in [0.1, 0.15) is 11.2 Å². The first kappa shape index (κ1) is 19.7. The molecule has 6 aromatic heterocycles. The molecule has 1 amide bonds. The van der Waals surface area contributed by atoms with Gasteiger partial charge in [0.25, 0.3) is 0 Å². The molecule has 0 bridgehead atoms. The van der Waals surface area contributed by atoms with Crippen molar-refractivity contribution in [3.8, 4) is 33.8 Å². The van der Waals surface area contributed by atoms with Crippen LogP contribution in [-0.2, 0) is 4.79 Å². The predicted molar refractivity (Wildman–Crippen MR) is 131 cm³/mol. The summed E-state index contributed by atoms with van der Waals surface area (Å²) in [6, 6.07) is 9.73. The van der Waals surface area contributed by atoms with Crippen LogP contribution in [0.25, 0.3) is 55.7 Å².